The van der Waals surface area contributed by atoms with Gasteiger partial charge in [-0.25, -0.2) is 4.68 Å². The van der Waals surface area contributed by atoms with Crippen molar-refractivity contribution in [3.05, 3.63) is 77.1 Å². The van der Waals surface area contributed by atoms with Gasteiger partial charge in [-0.3, -0.25) is 0 Å². The van der Waals surface area contributed by atoms with Crippen LogP contribution >= 0.6 is 0 Å². The van der Waals surface area contributed by atoms with E-state index in [0.29, 0.717) is 6.54 Å². The molecule has 1 aromatic heterocycles. The first-order valence-corrected chi connectivity index (χ1v) is 7.23. The molecule has 1 heterocycles. The Bertz CT molecular complexity index is 771. The molecule has 0 radical (unpaired) electrons. The van der Waals surface area contributed by atoms with Crippen LogP contribution < -0.4 is 5.73 Å². The van der Waals surface area contributed by atoms with Crippen molar-refractivity contribution in [2.75, 3.05) is 0 Å². The van der Waals surface area contributed by atoms with Gasteiger partial charge in [0.25, 0.3) is 0 Å². The summed E-state index contributed by atoms with van der Waals surface area (Å²) in [4.78, 5) is 0. The van der Waals surface area contributed by atoms with Crippen molar-refractivity contribution in [2.24, 2.45) is 5.73 Å². The van der Waals surface area contributed by atoms with E-state index in [9.17, 15) is 0 Å². The average Bonchev–Trinajstić information content (AvgIpc) is 2.98. The van der Waals surface area contributed by atoms with E-state index in [0.717, 1.165) is 22.6 Å². The maximum absolute atomic E-state index is 5.78. The highest BCUT2D eigenvalue weighted by Crippen LogP contribution is 2.16. The van der Waals surface area contributed by atoms with Gasteiger partial charge in [0.1, 0.15) is 5.69 Å². The molecule has 4 nitrogen and oxygen atoms in total. The summed E-state index contributed by atoms with van der Waals surface area (Å²) < 4.78 is 1.81. The Morgan fingerprint density at radius 3 is 2.41 bits per heavy atom. The maximum Gasteiger partial charge on any atom is 0.104 e. The minimum atomic E-state index is 0.362. The number of aromatic nitrogens is 3. The molecule has 0 atom stereocenters. The SMILES string of the molecule is Cc1ccc(/C=C/c2c(CN)nnn2-c2ccccc2)cc1. The number of nitrogens with zero attached hydrogens (tertiary/aromatic N) is 3. The molecule has 0 amide bonds. The highest BCUT2D eigenvalue weighted by Gasteiger charge is 2.10. The van der Waals surface area contributed by atoms with E-state index in [1.807, 2.05) is 41.1 Å². The predicted octanol–water partition coefficient (Wildman–Crippen LogP) is 3.20. The second-order valence-corrected chi connectivity index (χ2v) is 5.12. The highest BCUT2D eigenvalue weighted by atomic mass is 15.4. The third kappa shape index (κ3) is 2.97. The normalized spacial score (nSPS) is 11.2. The maximum atomic E-state index is 5.78. The molecular weight excluding hydrogens is 272 g/mol. The van der Waals surface area contributed by atoms with Crippen molar-refractivity contribution in [1.82, 2.24) is 15.0 Å². The lowest BCUT2D eigenvalue weighted by molar-refractivity contribution is 0.793. The quantitative estimate of drug-likeness (QED) is 0.802. The molecular formula is C18H18N4. The molecule has 0 unspecified atom stereocenters. The smallest absolute Gasteiger partial charge is 0.104 e. The van der Waals surface area contributed by atoms with Gasteiger partial charge in [0.2, 0.25) is 0 Å². The lowest BCUT2D eigenvalue weighted by Crippen LogP contribution is -2.02. The van der Waals surface area contributed by atoms with Gasteiger partial charge in [-0.2, -0.15) is 0 Å². The fourth-order valence-electron chi connectivity index (χ4n) is 2.25. The molecule has 2 N–H and O–H groups in total. The second-order valence-electron chi connectivity index (χ2n) is 5.12. The van der Waals surface area contributed by atoms with Gasteiger partial charge in [-0.05, 0) is 30.7 Å². The summed E-state index contributed by atoms with van der Waals surface area (Å²) >= 11 is 0. The molecule has 0 fully saturated rings. The minimum absolute atomic E-state index is 0.362. The third-order valence-electron chi connectivity index (χ3n) is 3.48. The van der Waals surface area contributed by atoms with Gasteiger partial charge in [0.15, 0.2) is 0 Å². The Morgan fingerprint density at radius 2 is 1.73 bits per heavy atom. The van der Waals surface area contributed by atoms with Crippen molar-refractivity contribution in [2.45, 2.75) is 13.5 Å². The molecule has 0 saturated heterocycles. The lowest BCUT2D eigenvalue weighted by Gasteiger charge is -2.04. The molecule has 110 valence electrons. The van der Waals surface area contributed by atoms with Crippen LogP contribution in [-0.4, -0.2) is 15.0 Å². The fourth-order valence-corrected chi connectivity index (χ4v) is 2.25. The highest BCUT2D eigenvalue weighted by molar-refractivity contribution is 5.69. The van der Waals surface area contributed by atoms with E-state index in [2.05, 4.69) is 47.6 Å². The van der Waals surface area contributed by atoms with Crippen LogP contribution in [0, 0.1) is 6.92 Å². The van der Waals surface area contributed by atoms with Crippen molar-refractivity contribution in [3.63, 3.8) is 0 Å². The van der Waals surface area contributed by atoms with Crippen LogP contribution in [-0.2, 0) is 6.54 Å². The number of nitrogens with two attached hydrogens (primary N) is 1. The van der Waals surface area contributed by atoms with Crippen molar-refractivity contribution in [1.29, 1.82) is 0 Å². The van der Waals surface area contributed by atoms with Crippen LogP contribution in [0.1, 0.15) is 22.5 Å². The zero-order valence-corrected chi connectivity index (χ0v) is 12.5. The Morgan fingerprint density at radius 1 is 1.00 bits per heavy atom. The average molecular weight is 290 g/mol. The summed E-state index contributed by atoms with van der Waals surface area (Å²) in [6.07, 6.45) is 4.07. The molecule has 3 rings (SSSR count). The van der Waals surface area contributed by atoms with Gasteiger partial charge in [0, 0.05) is 6.54 Å². The summed E-state index contributed by atoms with van der Waals surface area (Å²) in [7, 11) is 0. The molecule has 3 aromatic rings. The van der Waals surface area contributed by atoms with E-state index < -0.39 is 0 Å². The topological polar surface area (TPSA) is 56.7 Å². The number of rotatable bonds is 4. The first-order valence-electron chi connectivity index (χ1n) is 7.23. The largest absolute Gasteiger partial charge is 0.325 e. The van der Waals surface area contributed by atoms with Crippen LogP contribution in [0.3, 0.4) is 0 Å². The van der Waals surface area contributed by atoms with Gasteiger partial charge < -0.3 is 5.73 Å². The van der Waals surface area contributed by atoms with Crippen molar-refractivity contribution >= 4 is 12.2 Å². The summed E-state index contributed by atoms with van der Waals surface area (Å²) in [5.41, 5.74) is 10.8. The molecule has 0 saturated carbocycles. The Hall–Kier alpha value is -2.72. The van der Waals surface area contributed by atoms with Crippen LogP contribution in [0.15, 0.2) is 54.6 Å². The first kappa shape index (κ1) is 14.2. The molecule has 4 heteroatoms. The lowest BCUT2D eigenvalue weighted by atomic mass is 10.1. The monoisotopic (exact) mass is 290 g/mol. The number of aryl methyl sites for hydroxylation is 1. The second kappa shape index (κ2) is 6.37. The molecule has 2 aromatic carbocycles. The fraction of sp³-hybridized carbons (Fsp3) is 0.111. The number of benzene rings is 2. The molecule has 22 heavy (non-hydrogen) atoms. The number of hydrogen-bond acceptors (Lipinski definition) is 3. The number of hydrogen-bond donors (Lipinski definition) is 1. The molecule has 0 aliphatic heterocycles. The van der Waals surface area contributed by atoms with Gasteiger partial charge in [-0.1, -0.05) is 59.3 Å². The number of para-hydroxylation sites is 1. The Labute approximate surface area is 129 Å². The molecule has 0 spiro atoms. The van der Waals surface area contributed by atoms with Crippen LogP contribution in [0.25, 0.3) is 17.8 Å². The Kier molecular flexibility index (Phi) is 4.12. The van der Waals surface area contributed by atoms with Gasteiger partial charge in [-0.15, -0.1) is 5.10 Å². The third-order valence-corrected chi connectivity index (χ3v) is 3.48. The minimum Gasteiger partial charge on any atom is -0.325 e. The van der Waals surface area contributed by atoms with E-state index in [1.54, 1.807) is 0 Å². The molecule has 0 bridgehead atoms. The van der Waals surface area contributed by atoms with E-state index in [4.69, 9.17) is 5.73 Å². The summed E-state index contributed by atoms with van der Waals surface area (Å²) in [5, 5.41) is 8.39. The Balaban J connectivity index is 1.98. The summed E-state index contributed by atoms with van der Waals surface area (Å²) in [5.74, 6) is 0. The van der Waals surface area contributed by atoms with E-state index in [1.165, 1.54) is 5.56 Å². The van der Waals surface area contributed by atoms with Gasteiger partial charge in [0.05, 0.1) is 11.4 Å². The van der Waals surface area contributed by atoms with Gasteiger partial charge >= 0.3 is 0 Å². The van der Waals surface area contributed by atoms with E-state index in [-0.39, 0.29) is 0 Å². The van der Waals surface area contributed by atoms with Crippen LogP contribution in [0.4, 0.5) is 0 Å². The van der Waals surface area contributed by atoms with Crippen molar-refractivity contribution < 1.29 is 0 Å². The predicted molar refractivity (Wildman–Crippen MR) is 89.4 cm³/mol. The molecule has 0 aliphatic rings. The van der Waals surface area contributed by atoms with Crippen molar-refractivity contribution in [3.8, 4) is 5.69 Å². The zero-order valence-electron chi connectivity index (χ0n) is 12.5. The first-order chi connectivity index (χ1) is 10.8. The summed E-state index contributed by atoms with van der Waals surface area (Å²) in [6.45, 7) is 2.44. The van der Waals surface area contributed by atoms with Crippen LogP contribution in [0.2, 0.25) is 0 Å². The van der Waals surface area contributed by atoms with E-state index >= 15 is 0 Å². The standard InChI is InChI=1S/C18H18N4/c1-14-7-9-15(10-8-14)11-12-18-17(13-19)20-21-22(18)16-5-3-2-4-6-16/h2-12H,13,19H2,1H3/b12-11+. The molecule has 0 aliphatic carbocycles. The zero-order chi connectivity index (χ0) is 15.4. The van der Waals surface area contributed by atoms with Crippen LogP contribution in [0.5, 0.6) is 0 Å². The summed E-state index contributed by atoms with van der Waals surface area (Å²) in [6, 6.07) is 18.3.